The van der Waals surface area contributed by atoms with E-state index in [-0.39, 0.29) is 0 Å². The number of nitrogens with two attached hydrogens (primary N) is 1. The topological polar surface area (TPSA) is 43.8 Å². The van der Waals surface area contributed by atoms with Crippen LogP contribution in [0.15, 0.2) is 29.6 Å². The van der Waals surface area contributed by atoms with Gasteiger partial charge in [0.15, 0.2) is 0 Å². The predicted molar refractivity (Wildman–Crippen MR) is 76.7 cm³/mol. The summed E-state index contributed by atoms with van der Waals surface area (Å²) in [6.45, 7) is 2.48. The van der Waals surface area contributed by atoms with Gasteiger partial charge in [-0.15, -0.1) is 11.3 Å². The fraction of sp³-hybridized carbons (Fsp3) is 0.214. The number of imidazole rings is 1. The van der Waals surface area contributed by atoms with Crippen LogP contribution < -0.4 is 5.73 Å². The van der Waals surface area contributed by atoms with E-state index in [4.69, 9.17) is 5.73 Å². The average molecular weight is 257 g/mol. The summed E-state index contributed by atoms with van der Waals surface area (Å²) < 4.78 is 3.42. The zero-order valence-electron chi connectivity index (χ0n) is 10.5. The first-order chi connectivity index (χ1) is 8.72. The third-order valence-electron chi connectivity index (χ3n) is 3.32. The van der Waals surface area contributed by atoms with E-state index < -0.39 is 0 Å². The Balaban J connectivity index is 2.32. The molecule has 0 radical (unpaired) electrons. The summed E-state index contributed by atoms with van der Waals surface area (Å²) in [5.74, 6) is 1.00. The number of fused-ring (bicyclic) bond motifs is 1. The smallest absolute Gasteiger partial charge is 0.106 e. The van der Waals surface area contributed by atoms with Gasteiger partial charge in [-0.05, 0) is 13.0 Å². The number of benzene rings is 1. The standard InChI is InChI=1S/C14H15N3S/c1-9-16-12(7-15)14(17(9)2)11-8-18-13-6-4-3-5-10(11)13/h3-6,8H,7,15H2,1-2H3. The SMILES string of the molecule is Cc1nc(CN)c(-c2csc3ccccc23)n1C. The van der Waals surface area contributed by atoms with Crippen LogP contribution in [-0.2, 0) is 13.6 Å². The van der Waals surface area contributed by atoms with Crippen molar-refractivity contribution < 1.29 is 0 Å². The third kappa shape index (κ3) is 1.57. The number of aromatic nitrogens is 2. The Kier molecular flexibility index (Phi) is 2.69. The highest BCUT2D eigenvalue weighted by Crippen LogP contribution is 2.35. The summed E-state index contributed by atoms with van der Waals surface area (Å²) in [6, 6.07) is 8.45. The Morgan fingerprint density at radius 3 is 2.89 bits per heavy atom. The lowest BCUT2D eigenvalue weighted by Crippen LogP contribution is -2.00. The van der Waals surface area contributed by atoms with Gasteiger partial charge in [0.1, 0.15) is 5.82 Å². The predicted octanol–water partition coefficient (Wildman–Crippen LogP) is 3.07. The molecule has 1 aromatic carbocycles. The van der Waals surface area contributed by atoms with Crippen LogP contribution in [0.25, 0.3) is 21.3 Å². The van der Waals surface area contributed by atoms with Gasteiger partial charge in [0.2, 0.25) is 0 Å². The first kappa shape index (κ1) is 11.4. The highest BCUT2D eigenvalue weighted by molar-refractivity contribution is 7.17. The van der Waals surface area contributed by atoms with E-state index in [0.717, 1.165) is 17.2 Å². The molecule has 0 aliphatic heterocycles. The number of aryl methyl sites for hydroxylation is 1. The lowest BCUT2D eigenvalue weighted by atomic mass is 10.1. The number of thiophene rings is 1. The largest absolute Gasteiger partial charge is 0.331 e. The fourth-order valence-electron chi connectivity index (χ4n) is 2.32. The molecule has 0 amide bonds. The second kappa shape index (κ2) is 4.23. The van der Waals surface area contributed by atoms with Crippen LogP contribution in [-0.4, -0.2) is 9.55 Å². The molecule has 0 atom stereocenters. The zero-order chi connectivity index (χ0) is 12.7. The molecule has 92 valence electrons. The maximum absolute atomic E-state index is 5.81. The van der Waals surface area contributed by atoms with Gasteiger partial charge in [-0.3, -0.25) is 0 Å². The minimum absolute atomic E-state index is 0.473. The second-order valence-electron chi connectivity index (χ2n) is 4.36. The number of hydrogen-bond donors (Lipinski definition) is 1. The lowest BCUT2D eigenvalue weighted by molar-refractivity contribution is 0.866. The van der Waals surface area contributed by atoms with E-state index in [9.17, 15) is 0 Å². The summed E-state index contributed by atoms with van der Waals surface area (Å²) in [4.78, 5) is 4.53. The first-order valence-electron chi connectivity index (χ1n) is 5.91. The van der Waals surface area contributed by atoms with Crippen molar-refractivity contribution in [2.24, 2.45) is 12.8 Å². The Morgan fingerprint density at radius 1 is 1.33 bits per heavy atom. The first-order valence-corrected chi connectivity index (χ1v) is 6.79. The molecule has 0 fully saturated rings. The number of hydrogen-bond acceptors (Lipinski definition) is 3. The number of nitrogens with zero attached hydrogens (tertiary/aromatic N) is 2. The zero-order valence-corrected chi connectivity index (χ0v) is 11.3. The van der Waals surface area contributed by atoms with Crippen LogP contribution >= 0.6 is 11.3 Å². The summed E-state index contributed by atoms with van der Waals surface area (Å²) in [6.07, 6.45) is 0. The quantitative estimate of drug-likeness (QED) is 0.766. The van der Waals surface area contributed by atoms with E-state index in [1.165, 1.54) is 15.6 Å². The number of rotatable bonds is 2. The molecule has 3 rings (SSSR count). The summed E-state index contributed by atoms with van der Waals surface area (Å²) in [5, 5.41) is 3.47. The van der Waals surface area contributed by atoms with E-state index in [2.05, 4.69) is 39.2 Å². The third-order valence-corrected chi connectivity index (χ3v) is 4.28. The molecule has 0 bridgehead atoms. The van der Waals surface area contributed by atoms with Crippen LogP contribution in [0.2, 0.25) is 0 Å². The Labute approximate surface area is 110 Å². The molecule has 0 aliphatic rings. The van der Waals surface area contributed by atoms with Crippen LogP contribution in [0.5, 0.6) is 0 Å². The van der Waals surface area contributed by atoms with E-state index in [1.807, 2.05) is 14.0 Å². The molecule has 2 N–H and O–H groups in total. The normalized spacial score (nSPS) is 11.3. The maximum Gasteiger partial charge on any atom is 0.106 e. The maximum atomic E-state index is 5.81. The van der Waals surface area contributed by atoms with Crippen molar-refractivity contribution in [3.8, 4) is 11.3 Å². The molecule has 0 unspecified atom stereocenters. The Bertz CT molecular complexity index is 709. The van der Waals surface area contributed by atoms with Gasteiger partial charge in [0.05, 0.1) is 11.4 Å². The molecule has 18 heavy (non-hydrogen) atoms. The molecule has 0 spiro atoms. The van der Waals surface area contributed by atoms with Gasteiger partial charge < -0.3 is 10.3 Å². The van der Waals surface area contributed by atoms with Crippen molar-refractivity contribution in [1.82, 2.24) is 9.55 Å². The van der Waals surface area contributed by atoms with Gasteiger partial charge in [-0.25, -0.2) is 4.98 Å². The fourth-order valence-corrected chi connectivity index (χ4v) is 3.26. The molecular weight excluding hydrogens is 242 g/mol. The molecule has 0 saturated heterocycles. The van der Waals surface area contributed by atoms with E-state index >= 15 is 0 Å². The minimum atomic E-state index is 0.473. The van der Waals surface area contributed by atoms with Gasteiger partial charge in [0.25, 0.3) is 0 Å². The molecule has 2 heterocycles. The highest BCUT2D eigenvalue weighted by atomic mass is 32.1. The molecule has 3 nitrogen and oxygen atoms in total. The molecule has 2 aromatic heterocycles. The van der Waals surface area contributed by atoms with Crippen LogP contribution in [0.1, 0.15) is 11.5 Å². The van der Waals surface area contributed by atoms with E-state index in [0.29, 0.717) is 6.54 Å². The van der Waals surface area contributed by atoms with Crippen LogP contribution in [0.3, 0.4) is 0 Å². The molecule has 3 aromatic rings. The van der Waals surface area contributed by atoms with E-state index in [1.54, 1.807) is 11.3 Å². The van der Waals surface area contributed by atoms with Gasteiger partial charge in [0, 0.05) is 34.6 Å². The van der Waals surface area contributed by atoms with Gasteiger partial charge in [-0.2, -0.15) is 0 Å². The van der Waals surface area contributed by atoms with Crippen molar-refractivity contribution in [1.29, 1.82) is 0 Å². The Morgan fingerprint density at radius 2 is 2.11 bits per heavy atom. The minimum Gasteiger partial charge on any atom is -0.331 e. The summed E-state index contributed by atoms with van der Waals surface area (Å²) in [7, 11) is 2.04. The van der Waals surface area contributed by atoms with Gasteiger partial charge >= 0.3 is 0 Å². The highest BCUT2D eigenvalue weighted by Gasteiger charge is 2.16. The summed E-state index contributed by atoms with van der Waals surface area (Å²) >= 11 is 1.76. The molecular formula is C14H15N3S. The monoisotopic (exact) mass is 257 g/mol. The van der Waals surface area contributed by atoms with Crippen molar-refractivity contribution in [2.45, 2.75) is 13.5 Å². The molecule has 0 aliphatic carbocycles. The van der Waals surface area contributed by atoms with Crippen LogP contribution in [0, 0.1) is 6.92 Å². The van der Waals surface area contributed by atoms with Crippen molar-refractivity contribution in [3.05, 3.63) is 41.2 Å². The summed E-state index contributed by atoms with van der Waals surface area (Å²) in [5.41, 5.74) is 9.16. The molecule has 4 heteroatoms. The van der Waals surface area contributed by atoms with Crippen LogP contribution in [0.4, 0.5) is 0 Å². The second-order valence-corrected chi connectivity index (χ2v) is 5.27. The van der Waals surface area contributed by atoms with Crippen molar-refractivity contribution in [2.75, 3.05) is 0 Å². The van der Waals surface area contributed by atoms with Crippen molar-refractivity contribution >= 4 is 21.4 Å². The lowest BCUT2D eigenvalue weighted by Gasteiger charge is -2.04. The Hall–Kier alpha value is -1.65. The van der Waals surface area contributed by atoms with Gasteiger partial charge in [-0.1, -0.05) is 18.2 Å². The average Bonchev–Trinajstić information content (AvgIpc) is 2.92. The molecule has 0 saturated carbocycles. The van der Waals surface area contributed by atoms with Crippen molar-refractivity contribution in [3.63, 3.8) is 0 Å².